The number of aromatic nitrogens is 4. The van der Waals surface area contributed by atoms with Crippen molar-refractivity contribution in [2.45, 2.75) is 31.3 Å². The SMILES string of the molecule is Cc1cccc(-c2nnc(SCc3nc4ccccc4c(C)c3Cl)n2Cc2ccco2)c1. The van der Waals surface area contributed by atoms with E-state index in [-0.39, 0.29) is 0 Å². The average Bonchev–Trinajstić information content (AvgIpc) is 3.46. The van der Waals surface area contributed by atoms with Gasteiger partial charge in [0.25, 0.3) is 0 Å². The molecule has 0 amide bonds. The molecule has 7 heteroatoms. The standard InChI is InChI=1S/C25H21ClN4OS/c1-16-7-5-8-18(13-16)24-28-29-25(30(24)14-19-9-6-12-31-19)32-15-22-23(26)17(2)20-10-3-4-11-21(20)27-22/h3-13H,14-15H2,1-2H3. The van der Waals surface area contributed by atoms with Gasteiger partial charge in [-0.05, 0) is 43.7 Å². The summed E-state index contributed by atoms with van der Waals surface area (Å²) < 4.78 is 7.69. The lowest BCUT2D eigenvalue weighted by Crippen LogP contribution is -2.04. The molecule has 0 fully saturated rings. The fraction of sp³-hybridized carbons (Fsp3) is 0.160. The van der Waals surface area contributed by atoms with E-state index in [0.29, 0.717) is 17.3 Å². The van der Waals surface area contributed by atoms with Crippen molar-refractivity contribution < 1.29 is 4.42 Å². The monoisotopic (exact) mass is 460 g/mol. The molecule has 0 aliphatic carbocycles. The molecule has 5 aromatic rings. The predicted octanol–water partition coefficient (Wildman–Crippen LogP) is 6.70. The zero-order valence-electron chi connectivity index (χ0n) is 17.7. The highest BCUT2D eigenvalue weighted by atomic mass is 35.5. The summed E-state index contributed by atoms with van der Waals surface area (Å²) in [6.45, 7) is 4.65. The van der Waals surface area contributed by atoms with Gasteiger partial charge in [-0.3, -0.25) is 9.55 Å². The van der Waals surface area contributed by atoms with Crippen LogP contribution in [-0.2, 0) is 12.3 Å². The molecular weight excluding hydrogens is 440 g/mol. The normalized spacial score (nSPS) is 11.3. The van der Waals surface area contributed by atoms with Crippen LogP contribution in [0, 0.1) is 13.8 Å². The third-order valence-electron chi connectivity index (χ3n) is 5.37. The highest BCUT2D eigenvalue weighted by Crippen LogP contribution is 2.32. The molecule has 0 radical (unpaired) electrons. The summed E-state index contributed by atoms with van der Waals surface area (Å²) in [5.74, 6) is 2.24. The van der Waals surface area contributed by atoms with Gasteiger partial charge < -0.3 is 4.42 Å². The lowest BCUT2D eigenvalue weighted by molar-refractivity contribution is 0.485. The Morgan fingerprint density at radius 1 is 1.00 bits per heavy atom. The molecule has 3 heterocycles. The van der Waals surface area contributed by atoms with E-state index in [1.807, 2.05) is 43.3 Å². The van der Waals surface area contributed by atoms with Crippen LogP contribution in [0.1, 0.15) is 22.6 Å². The zero-order chi connectivity index (χ0) is 22.1. The second-order valence-corrected chi connectivity index (χ2v) is 8.96. The van der Waals surface area contributed by atoms with Crippen molar-refractivity contribution >= 4 is 34.3 Å². The van der Waals surface area contributed by atoms with E-state index in [2.05, 4.69) is 46.0 Å². The summed E-state index contributed by atoms with van der Waals surface area (Å²) in [7, 11) is 0. The van der Waals surface area contributed by atoms with Gasteiger partial charge in [-0.25, -0.2) is 0 Å². The molecule has 0 aliphatic heterocycles. The lowest BCUT2D eigenvalue weighted by Gasteiger charge is -2.11. The summed E-state index contributed by atoms with van der Waals surface area (Å²) in [5, 5.41) is 11.6. The zero-order valence-corrected chi connectivity index (χ0v) is 19.3. The number of benzene rings is 2. The van der Waals surface area contributed by atoms with E-state index >= 15 is 0 Å². The fourth-order valence-electron chi connectivity index (χ4n) is 3.74. The Bertz CT molecular complexity index is 1390. The molecule has 0 spiro atoms. The highest BCUT2D eigenvalue weighted by Gasteiger charge is 2.18. The number of halogens is 1. The van der Waals surface area contributed by atoms with Crippen LogP contribution in [0.5, 0.6) is 0 Å². The summed E-state index contributed by atoms with van der Waals surface area (Å²) in [5.41, 5.74) is 5.03. The first-order chi connectivity index (χ1) is 15.6. The van der Waals surface area contributed by atoms with Crippen molar-refractivity contribution in [1.82, 2.24) is 19.7 Å². The van der Waals surface area contributed by atoms with E-state index < -0.39 is 0 Å². The smallest absolute Gasteiger partial charge is 0.192 e. The predicted molar refractivity (Wildman–Crippen MR) is 129 cm³/mol. The molecule has 32 heavy (non-hydrogen) atoms. The lowest BCUT2D eigenvalue weighted by atomic mass is 10.1. The van der Waals surface area contributed by atoms with Crippen LogP contribution in [0.25, 0.3) is 22.3 Å². The number of thioether (sulfide) groups is 1. The maximum absolute atomic E-state index is 6.68. The van der Waals surface area contributed by atoms with Crippen molar-refractivity contribution in [2.75, 3.05) is 0 Å². The van der Waals surface area contributed by atoms with Gasteiger partial charge in [0.05, 0.1) is 29.0 Å². The van der Waals surface area contributed by atoms with Crippen LogP contribution in [-0.4, -0.2) is 19.7 Å². The van der Waals surface area contributed by atoms with Crippen molar-refractivity contribution in [1.29, 1.82) is 0 Å². The molecule has 0 atom stereocenters. The number of hydrogen-bond acceptors (Lipinski definition) is 5. The number of para-hydroxylation sites is 1. The van der Waals surface area contributed by atoms with Gasteiger partial charge in [-0.15, -0.1) is 10.2 Å². The van der Waals surface area contributed by atoms with E-state index in [9.17, 15) is 0 Å². The first-order valence-corrected chi connectivity index (χ1v) is 11.7. The molecule has 0 N–H and O–H groups in total. The Kier molecular flexibility index (Phi) is 5.72. The van der Waals surface area contributed by atoms with Crippen LogP contribution in [0.2, 0.25) is 5.02 Å². The number of furan rings is 1. The Balaban J connectivity index is 1.50. The Morgan fingerprint density at radius 3 is 2.69 bits per heavy atom. The second kappa shape index (κ2) is 8.81. The summed E-state index contributed by atoms with van der Waals surface area (Å²) in [6, 6.07) is 20.2. The molecule has 0 saturated heterocycles. The van der Waals surface area contributed by atoms with Crippen molar-refractivity contribution in [3.8, 4) is 11.4 Å². The van der Waals surface area contributed by atoms with Gasteiger partial charge in [0, 0.05) is 16.7 Å². The minimum Gasteiger partial charge on any atom is -0.467 e. The quantitative estimate of drug-likeness (QED) is 0.264. The first-order valence-electron chi connectivity index (χ1n) is 10.3. The number of aryl methyl sites for hydroxylation is 2. The maximum atomic E-state index is 6.68. The van der Waals surface area contributed by atoms with Crippen LogP contribution in [0.3, 0.4) is 0 Å². The molecule has 3 aromatic heterocycles. The van der Waals surface area contributed by atoms with Crippen molar-refractivity contribution in [2.24, 2.45) is 0 Å². The molecule has 160 valence electrons. The molecule has 5 nitrogen and oxygen atoms in total. The number of rotatable bonds is 6. The van der Waals surface area contributed by atoms with E-state index in [1.165, 1.54) is 5.56 Å². The van der Waals surface area contributed by atoms with Crippen molar-refractivity contribution in [3.63, 3.8) is 0 Å². The molecule has 2 aromatic carbocycles. The van der Waals surface area contributed by atoms with Crippen LogP contribution < -0.4 is 0 Å². The second-order valence-electron chi connectivity index (χ2n) is 7.64. The Labute approximate surface area is 195 Å². The van der Waals surface area contributed by atoms with E-state index in [4.69, 9.17) is 21.0 Å². The molecule has 0 saturated carbocycles. The molecule has 0 aliphatic rings. The maximum Gasteiger partial charge on any atom is 0.192 e. The average molecular weight is 461 g/mol. The third-order valence-corrected chi connectivity index (χ3v) is 6.85. The molecule has 5 rings (SSSR count). The number of nitrogens with zero attached hydrogens (tertiary/aromatic N) is 4. The largest absolute Gasteiger partial charge is 0.467 e. The van der Waals surface area contributed by atoms with E-state index in [0.717, 1.165) is 44.5 Å². The minimum atomic E-state index is 0.545. The first kappa shape index (κ1) is 20.8. The van der Waals surface area contributed by atoms with Gasteiger partial charge in [0.1, 0.15) is 5.76 Å². The summed E-state index contributed by atoms with van der Waals surface area (Å²) in [4.78, 5) is 4.80. The third kappa shape index (κ3) is 4.04. The minimum absolute atomic E-state index is 0.545. The van der Waals surface area contributed by atoms with Crippen LogP contribution in [0.15, 0.2) is 76.5 Å². The number of fused-ring (bicyclic) bond motifs is 1. The summed E-state index contributed by atoms with van der Waals surface area (Å²) in [6.07, 6.45) is 1.68. The molecule has 0 unspecified atom stereocenters. The van der Waals surface area contributed by atoms with Crippen LogP contribution >= 0.6 is 23.4 Å². The van der Waals surface area contributed by atoms with Crippen LogP contribution in [0.4, 0.5) is 0 Å². The Morgan fingerprint density at radius 2 is 1.88 bits per heavy atom. The highest BCUT2D eigenvalue weighted by molar-refractivity contribution is 7.98. The topological polar surface area (TPSA) is 56.7 Å². The number of hydrogen-bond donors (Lipinski definition) is 0. The van der Waals surface area contributed by atoms with E-state index in [1.54, 1.807) is 18.0 Å². The molecule has 0 bridgehead atoms. The van der Waals surface area contributed by atoms with Gasteiger partial charge in [-0.2, -0.15) is 0 Å². The molecular formula is C25H21ClN4OS. The number of pyridine rings is 1. The Hall–Kier alpha value is -3.09. The van der Waals surface area contributed by atoms with Crippen molar-refractivity contribution in [3.05, 3.63) is 94.5 Å². The van der Waals surface area contributed by atoms with Gasteiger partial charge >= 0.3 is 0 Å². The van der Waals surface area contributed by atoms with Gasteiger partial charge in [0.15, 0.2) is 11.0 Å². The van der Waals surface area contributed by atoms with Gasteiger partial charge in [0.2, 0.25) is 0 Å². The van der Waals surface area contributed by atoms with Gasteiger partial charge in [-0.1, -0.05) is 65.3 Å². The fourth-order valence-corrected chi connectivity index (χ4v) is 4.91. The summed E-state index contributed by atoms with van der Waals surface area (Å²) >= 11 is 8.25.